The normalized spacial score (nSPS) is 10.2. The summed E-state index contributed by atoms with van der Waals surface area (Å²) in [7, 11) is 4.06. The number of aryl methyl sites for hydroxylation is 1. The highest BCUT2D eigenvalue weighted by molar-refractivity contribution is 5.58. The smallest absolute Gasteiger partial charge is 0.0395 e. The number of hydrogen-bond acceptors (Lipinski definition) is 3. The molecular formula is C11H19N3. The molecule has 0 amide bonds. The predicted octanol–water partition coefficient (Wildman–Crippen LogP) is 1.23. The molecule has 14 heavy (non-hydrogen) atoms. The van der Waals surface area contributed by atoms with Gasteiger partial charge < -0.3 is 16.0 Å². The van der Waals surface area contributed by atoms with Gasteiger partial charge in [0.15, 0.2) is 0 Å². The van der Waals surface area contributed by atoms with E-state index in [0.717, 1.165) is 18.8 Å². The molecule has 0 unspecified atom stereocenters. The first-order valence-electron chi connectivity index (χ1n) is 4.87. The highest BCUT2D eigenvalue weighted by Gasteiger charge is 2.03. The monoisotopic (exact) mass is 193 g/mol. The molecule has 1 aromatic rings. The van der Waals surface area contributed by atoms with Crippen molar-refractivity contribution in [1.29, 1.82) is 0 Å². The summed E-state index contributed by atoms with van der Waals surface area (Å²) in [5.41, 5.74) is 8.99. The summed E-state index contributed by atoms with van der Waals surface area (Å²) >= 11 is 0. The van der Waals surface area contributed by atoms with Crippen LogP contribution in [0.15, 0.2) is 18.2 Å². The van der Waals surface area contributed by atoms with Crippen molar-refractivity contribution in [3.8, 4) is 0 Å². The van der Waals surface area contributed by atoms with Gasteiger partial charge in [0, 0.05) is 31.5 Å². The van der Waals surface area contributed by atoms with Crippen LogP contribution in [0, 0.1) is 6.92 Å². The molecule has 3 nitrogen and oxygen atoms in total. The summed E-state index contributed by atoms with van der Waals surface area (Å²) in [5, 5.41) is 3.13. The maximum Gasteiger partial charge on any atom is 0.0395 e. The lowest BCUT2D eigenvalue weighted by atomic mass is 10.1. The van der Waals surface area contributed by atoms with Crippen molar-refractivity contribution in [3.05, 3.63) is 23.8 Å². The zero-order valence-corrected chi connectivity index (χ0v) is 9.17. The molecule has 0 saturated heterocycles. The van der Waals surface area contributed by atoms with Gasteiger partial charge >= 0.3 is 0 Å². The largest absolute Gasteiger partial charge is 0.399 e. The van der Waals surface area contributed by atoms with Crippen molar-refractivity contribution < 1.29 is 0 Å². The van der Waals surface area contributed by atoms with Crippen LogP contribution in [0.2, 0.25) is 0 Å². The molecule has 0 bridgehead atoms. The third-order valence-corrected chi connectivity index (χ3v) is 2.33. The number of nitrogens with two attached hydrogens (primary N) is 1. The van der Waals surface area contributed by atoms with Crippen molar-refractivity contribution in [1.82, 2.24) is 5.32 Å². The van der Waals surface area contributed by atoms with E-state index in [9.17, 15) is 0 Å². The van der Waals surface area contributed by atoms with Crippen LogP contribution < -0.4 is 16.0 Å². The summed E-state index contributed by atoms with van der Waals surface area (Å²) in [6.45, 7) is 4.07. The molecule has 0 radical (unpaired) electrons. The molecule has 0 aliphatic rings. The zero-order chi connectivity index (χ0) is 10.6. The van der Waals surface area contributed by atoms with Gasteiger partial charge in [0.05, 0.1) is 0 Å². The fourth-order valence-electron chi connectivity index (χ4n) is 1.51. The van der Waals surface area contributed by atoms with Crippen LogP contribution in [0.3, 0.4) is 0 Å². The van der Waals surface area contributed by atoms with Gasteiger partial charge in [0.25, 0.3) is 0 Å². The molecule has 0 spiro atoms. The Morgan fingerprint density at radius 2 is 2.14 bits per heavy atom. The highest BCUT2D eigenvalue weighted by atomic mass is 15.1. The van der Waals surface area contributed by atoms with Crippen LogP contribution >= 0.6 is 0 Å². The maximum atomic E-state index is 5.70. The van der Waals surface area contributed by atoms with E-state index in [4.69, 9.17) is 5.73 Å². The Kier molecular flexibility index (Phi) is 3.77. The van der Waals surface area contributed by atoms with Crippen LogP contribution in [-0.2, 0) is 0 Å². The van der Waals surface area contributed by atoms with E-state index in [1.54, 1.807) is 0 Å². The number of likely N-dealkylation sites (N-methyl/N-ethyl adjacent to an activating group) is 2. The molecule has 3 N–H and O–H groups in total. The molecule has 78 valence electrons. The Balaban J connectivity index is 2.74. The van der Waals surface area contributed by atoms with E-state index >= 15 is 0 Å². The van der Waals surface area contributed by atoms with Gasteiger partial charge in [-0.3, -0.25) is 0 Å². The lowest BCUT2D eigenvalue weighted by Gasteiger charge is -2.21. The first kappa shape index (κ1) is 10.9. The molecule has 1 aromatic carbocycles. The summed E-state index contributed by atoms with van der Waals surface area (Å²) < 4.78 is 0. The fourth-order valence-corrected chi connectivity index (χ4v) is 1.51. The van der Waals surface area contributed by atoms with Crippen LogP contribution in [0.1, 0.15) is 5.56 Å². The number of nitrogen functional groups attached to an aromatic ring is 1. The molecule has 0 heterocycles. The number of rotatable bonds is 4. The van der Waals surface area contributed by atoms with E-state index < -0.39 is 0 Å². The SMILES string of the molecule is CNCCN(C)c1ccc(N)cc1C. The van der Waals surface area contributed by atoms with E-state index in [-0.39, 0.29) is 0 Å². The second kappa shape index (κ2) is 4.86. The number of hydrogen-bond donors (Lipinski definition) is 2. The average Bonchev–Trinajstić information content (AvgIpc) is 2.14. The zero-order valence-electron chi connectivity index (χ0n) is 9.17. The second-order valence-electron chi connectivity index (χ2n) is 3.57. The number of benzene rings is 1. The molecule has 1 rings (SSSR count). The minimum absolute atomic E-state index is 0.827. The van der Waals surface area contributed by atoms with E-state index in [0.29, 0.717) is 0 Å². The Bertz CT molecular complexity index is 297. The summed E-state index contributed by atoms with van der Waals surface area (Å²) in [5.74, 6) is 0. The molecule has 0 atom stereocenters. The van der Waals surface area contributed by atoms with Crippen LogP contribution in [-0.4, -0.2) is 27.2 Å². The lowest BCUT2D eigenvalue weighted by molar-refractivity contribution is 0.766. The predicted molar refractivity (Wildman–Crippen MR) is 62.8 cm³/mol. The lowest BCUT2D eigenvalue weighted by Crippen LogP contribution is -2.27. The van der Waals surface area contributed by atoms with Gasteiger partial charge in [-0.25, -0.2) is 0 Å². The molecule has 0 fully saturated rings. The standard InChI is InChI=1S/C11H19N3/c1-9-8-10(12)4-5-11(9)14(3)7-6-13-2/h4-5,8,13H,6-7,12H2,1-3H3. The number of nitrogens with zero attached hydrogens (tertiary/aromatic N) is 1. The molecule has 0 aliphatic heterocycles. The van der Waals surface area contributed by atoms with Crippen LogP contribution in [0.4, 0.5) is 11.4 Å². The average molecular weight is 193 g/mol. The minimum atomic E-state index is 0.827. The Morgan fingerprint density at radius 1 is 1.43 bits per heavy atom. The third-order valence-electron chi connectivity index (χ3n) is 2.33. The minimum Gasteiger partial charge on any atom is -0.399 e. The van der Waals surface area contributed by atoms with Crippen LogP contribution in [0.25, 0.3) is 0 Å². The molecular weight excluding hydrogens is 174 g/mol. The van der Waals surface area contributed by atoms with E-state index in [2.05, 4.69) is 30.3 Å². The molecule has 3 heteroatoms. The van der Waals surface area contributed by atoms with Crippen molar-refractivity contribution in [2.24, 2.45) is 0 Å². The molecule has 0 aliphatic carbocycles. The van der Waals surface area contributed by atoms with E-state index in [1.807, 2.05) is 19.2 Å². The fraction of sp³-hybridized carbons (Fsp3) is 0.455. The Labute approximate surface area is 85.9 Å². The first-order valence-corrected chi connectivity index (χ1v) is 4.87. The van der Waals surface area contributed by atoms with Gasteiger partial charge in [-0.15, -0.1) is 0 Å². The van der Waals surface area contributed by atoms with Gasteiger partial charge in [0.2, 0.25) is 0 Å². The highest BCUT2D eigenvalue weighted by Crippen LogP contribution is 2.20. The summed E-state index contributed by atoms with van der Waals surface area (Å²) in [6.07, 6.45) is 0. The third kappa shape index (κ3) is 2.64. The topological polar surface area (TPSA) is 41.3 Å². The molecule has 0 aromatic heterocycles. The quantitative estimate of drug-likeness (QED) is 0.707. The summed E-state index contributed by atoms with van der Waals surface area (Å²) in [6, 6.07) is 6.02. The summed E-state index contributed by atoms with van der Waals surface area (Å²) in [4.78, 5) is 2.23. The Hall–Kier alpha value is -1.22. The van der Waals surface area contributed by atoms with Gasteiger partial charge in [-0.2, -0.15) is 0 Å². The number of nitrogens with one attached hydrogen (secondary N) is 1. The molecule has 0 saturated carbocycles. The second-order valence-corrected chi connectivity index (χ2v) is 3.57. The van der Waals surface area contributed by atoms with Gasteiger partial charge in [0.1, 0.15) is 0 Å². The van der Waals surface area contributed by atoms with Crippen molar-refractivity contribution in [2.45, 2.75) is 6.92 Å². The van der Waals surface area contributed by atoms with Crippen molar-refractivity contribution >= 4 is 11.4 Å². The Morgan fingerprint density at radius 3 is 2.71 bits per heavy atom. The van der Waals surface area contributed by atoms with Crippen LogP contribution in [0.5, 0.6) is 0 Å². The van der Waals surface area contributed by atoms with Gasteiger partial charge in [-0.05, 0) is 37.7 Å². The number of anilines is 2. The van der Waals surface area contributed by atoms with Crippen molar-refractivity contribution in [3.63, 3.8) is 0 Å². The van der Waals surface area contributed by atoms with Gasteiger partial charge in [-0.1, -0.05) is 0 Å². The van der Waals surface area contributed by atoms with E-state index in [1.165, 1.54) is 11.3 Å². The first-order chi connectivity index (χ1) is 6.65. The maximum absolute atomic E-state index is 5.70. The van der Waals surface area contributed by atoms with Crippen molar-refractivity contribution in [2.75, 3.05) is 37.8 Å².